The summed E-state index contributed by atoms with van der Waals surface area (Å²) in [6.45, 7) is 10.1. The molecule has 0 aliphatic rings. The zero-order valence-electron chi connectivity index (χ0n) is 11.8. The maximum atomic E-state index is 12.1. The van der Waals surface area contributed by atoms with Crippen LogP contribution in [-0.2, 0) is 14.3 Å². The van der Waals surface area contributed by atoms with Crippen molar-refractivity contribution >= 4 is 11.8 Å². The highest BCUT2D eigenvalue weighted by Gasteiger charge is 2.33. The quantitative estimate of drug-likeness (QED) is 0.485. The first-order valence-corrected chi connectivity index (χ1v) is 6.67. The van der Waals surface area contributed by atoms with E-state index in [2.05, 4.69) is 0 Å². The summed E-state index contributed by atoms with van der Waals surface area (Å²) in [5.41, 5.74) is 0. The number of Topliss-reactive ketones (excluding diaryl/α,β-unsaturated/α-hetero) is 1. The van der Waals surface area contributed by atoms with Crippen molar-refractivity contribution in [2.75, 3.05) is 6.61 Å². The van der Waals surface area contributed by atoms with Crippen LogP contribution in [-0.4, -0.2) is 18.4 Å². The Morgan fingerprint density at radius 2 is 1.59 bits per heavy atom. The molecule has 1 unspecified atom stereocenters. The molecule has 0 rings (SSSR count). The van der Waals surface area contributed by atoms with E-state index >= 15 is 0 Å². The number of carbonyl (C=O) groups is 2. The van der Waals surface area contributed by atoms with Crippen molar-refractivity contribution in [2.24, 2.45) is 17.8 Å². The third-order valence-corrected chi connectivity index (χ3v) is 3.02. The number of carbonyl (C=O) groups excluding carboxylic acids is 2. The summed E-state index contributed by atoms with van der Waals surface area (Å²) in [5, 5.41) is 0. The molecule has 3 heteroatoms. The zero-order chi connectivity index (χ0) is 13.4. The fourth-order valence-electron chi connectivity index (χ4n) is 2.11. The molecule has 100 valence electrons. The van der Waals surface area contributed by atoms with Crippen molar-refractivity contribution in [3.63, 3.8) is 0 Å². The largest absolute Gasteiger partial charge is 0.465 e. The summed E-state index contributed by atoms with van der Waals surface area (Å²) in [5.74, 6) is -0.472. The third-order valence-electron chi connectivity index (χ3n) is 3.02. The summed E-state index contributed by atoms with van der Waals surface area (Å²) in [7, 11) is 0. The summed E-state index contributed by atoms with van der Waals surface area (Å²) in [4.78, 5) is 24.0. The lowest BCUT2D eigenvalue weighted by Gasteiger charge is -2.23. The summed E-state index contributed by atoms with van der Waals surface area (Å²) in [6, 6.07) is 0. The molecule has 0 aromatic carbocycles. The SMILES string of the molecule is CCOC(=O)C(C(=O)CC(C)C)C(CC)CC. The van der Waals surface area contributed by atoms with Crippen LogP contribution in [0.3, 0.4) is 0 Å². The van der Waals surface area contributed by atoms with Gasteiger partial charge in [-0.15, -0.1) is 0 Å². The van der Waals surface area contributed by atoms with E-state index < -0.39 is 5.92 Å². The number of hydrogen-bond acceptors (Lipinski definition) is 3. The van der Waals surface area contributed by atoms with Crippen LogP contribution >= 0.6 is 0 Å². The van der Waals surface area contributed by atoms with Gasteiger partial charge in [-0.2, -0.15) is 0 Å². The molecule has 1 atom stereocenters. The first-order chi connectivity index (χ1) is 7.97. The van der Waals surface area contributed by atoms with Crippen LogP contribution in [0.15, 0.2) is 0 Å². The molecule has 0 fully saturated rings. The van der Waals surface area contributed by atoms with E-state index in [4.69, 9.17) is 4.74 Å². The lowest BCUT2D eigenvalue weighted by atomic mass is 9.82. The van der Waals surface area contributed by atoms with Crippen molar-refractivity contribution in [1.29, 1.82) is 0 Å². The second kappa shape index (κ2) is 8.26. The fraction of sp³-hybridized carbons (Fsp3) is 0.857. The monoisotopic (exact) mass is 242 g/mol. The van der Waals surface area contributed by atoms with Crippen LogP contribution in [0.1, 0.15) is 53.9 Å². The first kappa shape index (κ1) is 16.1. The molecule has 0 saturated heterocycles. The molecule has 0 aliphatic carbocycles. The van der Waals surface area contributed by atoms with E-state index in [1.807, 2.05) is 27.7 Å². The van der Waals surface area contributed by atoms with Crippen LogP contribution in [0, 0.1) is 17.8 Å². The Bertz CT molecular complexity index is 242. The average Bonchev–Trinajstić information content (AvgIpc) is 2.24. The van der Waals surface area contributed by atoms with Crippen LogP contribution in [0.2, 0.25) is 0 Å². The second-order valence-electron chi connectivity index (χ2n) is 4.87. The molecule has 3 nitrogen and oxygen atoms in total. The van der Waals surface area contributed by atoms with Gasteiger partial charge >= 0.3 is 5.97 Å². The summed E-state index contributed by atoms with van der Waals surface area (Å²) in [6.07, 6.45) is 2.13. The Balaban J connectivity index is 4.82. The van der Waals surface area contributed by atoms with Crippen molar-refractivity contribution < 1.29 is 14.3 Å². The van der Waals surface area contributed by atoms with Gasteiger partial charge in [-0.3, -0.25) is 9.59 Å². The third kappa shape index (κ3) is 5.33. The van der Waals surface area contributed by atoms with E-state index in [1.54, 1.807) is 6.92 Å². The highest BCUT2D eigenvalue weighted by Crippen LogP contribution is 2.24. The van der Waals surface area contributed by atoms with Gasteiger partial charge in [0.25, 0.3) is 0 Å². The number of ether oxygens (including phenoxy) is 1. The van der Waals surface area contributed by atoms with Gasteiger partial charge in [-0.25, -0.2) is 0 Å². The molecule has 0 spiro atoms. The molecule has 0 bridgehead atoms. The summed E-state index contributed by atoms with van der Waals surface area (Å²) < 4.78 is 5.03. The minimum Gasteiger partial charge on any atom is -0.465 e. The molecule has 0 N–H and O–H groups in total. The Labute approximate surface area is 105 Å². The molecular weight excluding hydrogens is 216 g/mol. The molecule has 0 heterocycles. The van der Waals surface area contributed by atoms with Gasteiger partial charge in [0.05, 0.1) is 6.61 Å². The van der Waals surface area contributed by atoms with Gasteiger partial charge < -0.3 is 4.74 Å². The topological polar surface area (TPSA) is 43.4 Å². The molecular formula is C14H26O3. The van der Waals surface area contributed by atoms with Gasteiger partial charge in [-0.05, 0) is 18.8 Å². The zero-order valence-corrected chi connectivity index (χ0v) is 11.8. The number of rotatable bonds is 8. The van der Waals surface area contributed by atoms with Crippen LogP contribution < -0.4 is 0 Å². The predicted octanol–water partition coefficient (Wildman–Crippen LogP) is 3.22. The summed E-state index contributed by atoms with van der Waals surface area (Å²) >= 11 is 0. The van der Waals surface area contributed by atoms with E-state index in [1.165, 1.54) is 0 Å². The van der Waals surface area contributed by atoms with Crippen LogP contribution in [0.5, 0.6) is 0 Å². The average molecular weight is 242 g/mol. The molecule has 0 amide bonds. The first-order valence-electron chi connectivity index (χ1n) is 6.67. The van der Waals surface area contributed by atoms with Crippen LogP contribution in [0.4, 0.5) is 0 Å². The smallest absolute Gasteiger partial charge is 0.316 e. The van der Waals surface area contributed by atoms with Crippen molar-refractivity contribution in [2.45, 2.75) is 53.9 Å². The van der Waals surface area contributed by atoms with Gasteiger partial charge in [0.1, 0.15) is 11.7 Å². The van der Waals surface area contributed by atoms with E-state index in [9.17, 15) is 9.59 Å². The van der Waals surface area contributed by atoms with E-state index in [0.29, 0.717) is 13.0 Å². The molecule has 0 aliphatic heterocycles. The highest BCUT2D eigenvalue weighted by molar-refractivity contribution is 5.99. The Kier molecular flexibility index (Phi) is 7.85. The normalized spacial score (nSPS) is 12.9. The second-order valence-corrected chi connectivity index (χ2v) is 4.87. The maximum absolute atomic E-state index is 12.1. The molecule has 0 saturated carbocycles. The van der Waals surface area contributed by atoms with Gasteiger partial charge in [-0.1, -0.05) is 40.5 Å². The molecule has 0 aromatic heterocycles. The van der Waals surface area contributed by atoms with E-state index in [-0.39, 0.29) is 23.6 Å². The van der Waals surface area contributed by atoms with Crippen molar-refractivity contribution in [3.8, 4) is 0 Å². The fourth-order valence-corrected chi connectivity index (χ4v) is 2.11. The predicted molar refractivity (Wildman–Crippen MR) is 68.7 cm³/mol. The van der Waals surface area contributed by atoms with E-state index in [0.717, 1.165) is 12.8 Å². The van der Waals surface area contributed by atoms with Crippen LogP contribution in [0.25, 0.3) is 0 Å². The Morgan fingerprint density at radius 3 is 1.94 bits per heavy atom. The Morgan fingerprint density at radius 1 is 1.06 bits per heavy atom. The maximum Gasteiger partial charge on any atom is 0.316 e. The standard InChI is InChI=1S/C14H26O3/c1-6-11(7-2)13(14(16)17-8-3)12(15)9-10(4)5/h10-11,13H,6-9H2,1-5H3. The lowest BCUT2D eigenvalue weighted by molar-refractivity contribution is -0.154. The Hall–Kier alpha value is -0.860. The number of hydrogen-bond donors (Lipinski definition) is 0. The molecule has 0 radical (unpaired) electrons. The van der Waals surface area contributed by atoms with Crippen molar-refractivity contribution in [3.05, 3.63) is 0 Å². The molecule has 0 aromatic rings. The van der Waals surface area contributed by atoms with Gasteiger partial charge in [0.2, 0.25) is 0 Å². The molecule has 17 heavy (non-hydrogen) atoms. The minimum atomic E-state index is -0.563. The van der Waals surface area contributed by atoms with Gasteiger partial charge in [0.15, 0.2) is 0 Å². The lowest BCUT2D eigenvalue weighted by Crippen LogP contribution is -2.33. The number of esters is 1. The minimum absolute atomic E-state index is 0.0344. The van der Waals surface area contributed by atoms with Gasteiger partial charge in [0, 0.05) is 6.42 Å². The highest BCUT2D eigenvalue weighted by atomic mass is 16.5. The number of ketones is 1. The van der Waals surface area contributed by atoms with Crippen molar-refractivity contribution in [1.82, 2.24) is 0 Å².